The number of benzene rings is 2. The summed E-state index contributed by atoms with van der Waals surface area (Å²) in [7, 11) is 1.67. The van der Waals surface area contributed by atoms with E-state index in [0.717, 1.165) is 31.0 Å². The van der Waals surface area contributed by atoms with Crippen LogP contribution >= 0.6 is 0 Å². The molecule has 1 aliphatic rings. The van der Waals surface area contributed by atoms with Gasteiger partial charge in [-0.3, -0.25) is 4.79 Å². The van der Waals surface area contributed by atoms with Gasteiger partial charge in [-0.05, 0) is 48.2 Å². The van der Waals surface area contributed by atoms with Crippen LogP contribution in [-0.2, 0) is 0 Å². The van der Waals surface area contributed by atoms with Crippen molar-refractivity contribution in [1.29, 1.82) is 0 Å². The quantitative estimate of drug-likeness (QED) is 0.774. The summed E-state index contributed by atoms with van der Waals surface area (Å²) in [5, 5.41) is 0. The molecule has 1 saturated heterocycles. The minimum absolute atomic E-state index is 0.0796. The zero-order chi connectivity index (χ0) is 18.5. The van der Waals surface area contributed by atoms with Crippen LogP contribution in [0.1, 0.15) is 42.1 Å². The highest BCUT2D eigenvalue weighted by Gasteiger charge is 2.28. The van der Waals surface area contributed by atoms with Crippen molar-refractivity contribution >= 4 is 5.91 Å². The Labute approximate surface area is 155 Å². The molecule has 1 heterocycles. The molecule has 1 fully saturated rings. The Hall–Kier alpha value is -2.49. The molecule has 0 spiro atoms. The first-order valence-corrected chi connectivity index (χ1v) is 9.23. The van der Waals surface area contributed by atoms with Crippen molar-refractivity contribution in [1.82, 2.24) is 4.90 Å². The van der Waals surface area contributed by atoms with Crippen LogP contribution in [0.2, 0.25) is 0 Å². The Kier molecular flexibility index (Phi) is 5.82. The van der Waals surface area contributed by atoms with Crippen molar-refractivity contribution in [3.05, 3.63) is 59.7 Å². The summed E-state index contributed by atoms with van der Waals surface area (Å²) in [5.74, 6) is 2.53. The fourth-order valence-corrected chi connectivity index (χ4v) is 3.26. The van der Waals surface area contributed by atoms with Crippen LogP contribution in [0.3, 0.4) is 0 Å². The molecule has 2 aromatic carbocycles. The van der Waals surface area contributed by atoms with Crippen LogP contribution in [0.15, 0.2) is 48.5 Å². The summed E-state index contributed by atoms with van der Waals surface area (Å²) in [6.45, 7) is 6.41. The lowest BCUT2D eigenvalue weighted by Gasteiger charge is -2.18. The first kappa shape index (κ1) is 18.3. The van der Waals surface area contributed by atoms with E-state index in [-0.39, 0.29) is 5.91 Å². The van der Waals surface area contributed by atoms with E-state index in [0.29, 0.717) is 24.0 Å². The Morgan fingerprint density at radius 1 is 1.15 bits per heavy atom. The van der Waals surface area contributed by atoms with Crippen molar-refractivity contribution in [2.24, 2.45) is 5.92 Å². The van der Waals surface area contributed by atoms with Crippen LogP contribution in [0.4, 0.5) is 0 Å². The third kappa shape index (κ3) is 4.37. The summed E-state index contributed by atoms with van der Waals surface area (Å²) >= 11 is 0. The first-order valence-electron chi connectivity index (χ1n) is 9.23. The van der Waals surface area contributed by atoms with Gasteiger partial charge in [-0.2, -0.15) is 0 Å². The van der Waals surface area contributed by atoms with E-state index in [9.17, 15) is 4.79 Å². The molecule has 0 aromatic heterocycles. The monoisotopic (exact) mass is 353 g/mol. The lowest BCUT2D eigenvalue weighted by Crippen LogP contribution is -2.28. The largest absolute Gasteiger partial charge is 0.497 e. The number of nitrogens with zero attached hydrogens (tertiary/aromatic N) is 1. The van der Waals surface area contributed by atoms with Crippen LogP contribution in [0.5, 0.6) is 11.5 Å². The van der Waals surface area contributed by atoms with Gasteiger partial charge in [0.2, 0.25) is 0 Å². The van der Waals surface area contributed by atoms with E-state index in [1.54, 1.807) is 7.11 Å². The maximum Gasteiger partial charge on any atom is 0.254 e. The van der Waals surface area contributed by atoms with Gasteiger partial charge in [0.1, 0.15) is 11.5 Å². The molecule has 0 bridgehead atoms. The van der Waals surface area contributed by atoms with Crippen molar-refractivity contribution in [3.8, 4) is 11.5 Å². The highest BCUT2D eigenvalue weighted by Crippen LogP contribution is 2.29. The van der Waals surface area contributed by atoms with Crippen LogP contribution in [0, 0.1) is 5.92 Å². The molecule has 4 heteroatoms. The average Bonchev–Trinajstić information content (AvgIpc) is 3.16. The summed E-state index contributed by atoms with van der Waals surface area (Å²) in [6.07, 6.45) is 0.988. The zero-order valence-corrected chi connectivity index (χ0v) is 15.8. The molecule has 0 N–H and O–H groups in total. The van der Waals surface area contributed by atoms with Gasteiger partial charge in [-0.15, -0.1) is 0 Å². The van der Waals surface area contributed by atoms with Gasteiger partial charge in [0, 0.05) is 24.6 Å². The lowest BCUT2D eigenvalue weighted by molar-refractivity contribution is 0.0790. The molecule has 1 atom stereocenters. The number of hydrogen-bond donors (Lipinski definition) is 0. The van der Waals surface area contributed by atoms with E-state index in [1.807, 2.05) is 41.3 Å². The second-order valence-corrected chi connectivity index (χ2v) is 7.24. The molecule has 0 saturated carbocycles. The molecule has 2 aromatic rings. The smallest absolute Gasteiger partial charge is 0.254 e. The number of carbonyl (C=O) groups excluding carboxylic acids is 1. The van der Waals surface area contributed by atoms with Crippen molar-refractivity contribution in [3.63, 3.8) is 0 Å². The van der Waals surface area contributed by atoms with Gasteiger partial charge < -0.3 is 14.4 Å². The van der Waals surface area contributed by atoms with Gasteiger partial charge in [0.05, 0.1) is 13.7 Å². The number of rotatable bonds is 6. The van der Waals surface area contributed by atoms with E-state index < -0.39 is 0 Å². The second kappa shape index (κ2) is 8.26. The Morgan fingerprint density at radius 3 is 2.62 bits per heavy atom. The van der Waals surface area contributed by atoms with Crippen molar-refractivity contribution in [2.45, 2.75) is 26.2 Å². The standard InChI is InChI=1S/C22H27NO3/c1-16(2)15-26-21-6-4-5-18(13-21)22(24)23-12-11-19(14-23)17-7-9-20(25-3)10-8-17/h4-10,13,16,19H,11-12,14-15H2,1-3H3. The van der Waals surface area contributed by atoms with E-state index in [4.69, 9.17) is 9.47 Å². The van der Waals surface area contributed by atoms with Crippen molar-refractivity contribution < 1.29 is 14.3 Å². The summed E-state index contributed by atoms with van der Waals surface area (Å²) < 4.78 is 11.0. The molecule has 1 unspecified atom stereocenters. The molecule has 3 rings (SSSR count). The Balaban J connectivity index is 1.64. The summed E-state index contributed by atoms with van der Waals surface area (Å²) in [6, 6.07) is 15.7. The molecule has 0 aliphatic carbocycles. The maximum absolute atomic E-state index is 12.9. The fraction of sp³-hybridized carbons (Fsp3) is 0.409. The molecule has 138 valence electrons. The normalized spacial score (nSPS) is 16.8. The summed E-state index contributed by atoms with van der Waals surface area (Å²) in [5.41, 5.74) is 1.96. The number of methoxy groups -OCH3 is 1. The topological polar surface area (TPSA) is 38.8 Å². The third-order valence-electron chi connectivity index (χ3n) is 4.73. The highest BCUT2D eigenvalue weighted by molar-refractivity contribution is 5.94. The van der Waals surface area contributed by atoms with E-state index >= 15 is 0 Å². The molecule has 1 aliphatic heterocycles. The van der Waals surface area contributed by atoms with E-state index in [1.165, 1.54) is 5.56 Å². The predicted octanol–water partition coefficient (Wildman–Crippen LogP) is 4.36. The second-order valence-electron chi connectivity index (χ2n) is 7.24. The van der Waals surface area contributed by atoms with Gasteiger partial charge >= 0.3 is 0 Å². The number of likely N-dealkylation sites (tertiary alicyclic amines) is 1. The number of carbonyl (C=O) groups is 1. The lowest BCUT2D eigenvalue weighted by atomic mass is 9.98. The maximum atomic E-state index is 12.9. The van der Waals surface area contributed by atoms with Gasteiger partial charge in [0.15, 0.2) is 0 Å². The highest BCUT2D eigenvalue weighted by atomic mass is 16.5. The molecule has 4 nitrogen and oxygen atoms in total. The molecule has 26 heavy (non-hydrogen) atoms. The van der Waals surface area contributed by atoms with Crippen LogP contribution in [0.25, 0.3) is 0 Å². The molecular weight excluding hydrogens is 326 g/mol. The first-order chi connectivity index (χ1) is 12.6. The van der Waals surface area contributed by atoms with E-state index in [2.05, 4.69) is 26.0 Å². The summed E-state index contributed by atoms with van der Waals surface area (Å²) in [4.78, 5) is 14.8. The number of hydrogen-bond acceptors (Lipinski definition) is 3. The van der Waals surface area contributed by atoms with Gasteiger partial charge in [-0.25, -0.2) is 0 Å². The van der Waals surface area contributed by atoms with Gasteiger partial charge in [-0.1, -0.05) is 32.0 Å². The molecular formula is C22H27NO3. The minimum atomic E-state index is 0.0796. The molecule has 0 radical (unpaired) electrons. The van der Waals surface area contributed by atoms with Crippen molar-refractivity contribution in [2.75, 3.05) is 26.8 Å². The van der Waals surface area contributed by atoms with Crippen LogP contribution < -0.4 is 9.47 Å². The number of amides is 1. The zero-order valence-electron chi connectivity index (χ0n) is 15.8. The predicted molar refractivity (Wildman–Crippen MR) is 103 cm³/mol. The SMILES string of the molecule is COc1ccc(C2CCN(C(=O)c3cccc(OCC(C)C)c3)C2)cc1. The Bertz CT molecular complexity index is 739. The van der Waals surface area contributed by atoms with Gasteiger partial charge in [0.25, 0.3) is 5.91 Å². The molecule has 1 amide bonds. The van der Waals surface area contributed by atoms with Crippen LogP contribution in [-0.4, -0.2) is 37.6 Å². The third-order valence-corrected chi connectivity index (χ3v) is 4.73. The fourth-order valence-electron chi connectivity index (χ4n) is 3.26. The Morgan fingerprint density at radius 2 is 1.92 bits per heavy atom. The number of ether oxygens (including phenoxy) is 2. The average molecular weight is 353 g/mol. The minimum Gasteiger partial charge on any atom is -0.497 e.